The normalized spacial score (nSPS) is 11.8. The van der Waals surface area contributed by atoms with E-state index in [0.717, 1.165) is 49.8 Å². The van der Waals surface area contributed by atoms with Gasteiger partial charge in [-0.15, -0.1) is 0 Å². The molecule has 0 aliphatic carbocycles. The van der Waals surface area contributed by atoms with Gasteiger partial charge in [-0.2, -0.15) is 11.8 Å². The lowest BCUT2D eigenvalue weighted by Gasteiger charge is -2.16. The van der Waals surface area contributed by atoms with E-state index < -0.39 is 23.9 Å². The molecule has 0 spiro atoms. The Morgan fingerprint density at radius 1 is 0.829 bits per heavy atom. The van der Waals surface area contributed by atoms with Crippen molar-refractivity contribution in [1.29, 1.82) is 0 Å². The van der Waals surface area contributed by atoms with Crippen LogP contribution in [0.15, 0.2) is 95.4 Å². The van der Waals surface area contributed by atoms with Crippen LogP contribution in [0, 0.1) is 0 Å². The Balaban J connectivity index is 1.22. The molecule has 2 N–H and O–H groups in total. The Labute approximate surface area is 241 Å². The fourth-order valence-corrected chi connectivity index (χ4v) is 5.70. The van der Waals surface area contributed by atoms with Crippen LogP contribution in [0.2, 0.25) is 0 Å². The van der Waals surface area contributed by atoms with Gasteiger partial charge in [0.25, 0.3) is 0 Å². The SMILES string of the molecule is COC(=O)[C@H](CSCc1ccc(-c2ccc(-c3cccc4c3oc3ccccc34)cc2)cc1)NC(=O)CCC(=O)O. The predicted octanol–water partition coefficient (Wildman–Crippen LogP) is 6.68. The van der Waals surface area contributed by atoms with Crippen molar-refractivity contribution in [2.75, 3.05) is 12.9 Å². The highest BCUT2D eigenvalue weighted by Gasteiger charge is 2.22. The number of nitrogens with one attached hydrogen (secondary N) is 1. The molecule has 8 heteroatoms. The number of esters is 1. The van der Waals surface area contributed by atoms with Gasteiger partial charge in [-0.1, -0.05) is 84.9 Å². The Morgan fingerprint density at radius 2 is 1.49 bits per heavy atom. The second-order valence-corrected chi connectivity index (χ2v) is 10.6. The molecule has 5 aromatic rings. The maximum atomic E-state index is 12.1. The number of benzene rings is 4. The smallest absolute Gasteiger partial charge is 0.329 e. The monoisotopic (exact) mass is 567 g/mol. The fraction of sp³-hybridized carbons (Fsp3) is 0.182. The molecule has 0 radical (unpaired) electrons. The summed E-state index contributed by atoms with van der Waals surface area (Å²) in [5.74, 6) is -1.17. The number of carbonyl (C=O) groups is 3. The van der Waals surface area contributed by atoms with Crippen LogP contribution in [0.25, 0.3) is 44.2 Å². The van der Waals surface area contributed by atoms with Gasteiger partial charge >= 0.3 is 11.9 Å². The zero-order valence-electron chi connectivity index (χ0n) is 22.5. The summed E-state index contributed by atoms with van der Waals surface area (Å²) < 4.78 is 11.0. The van der Waals surface area contributed by atoms with E-state index in [0.29, 0.717) is 11.5 Å². The van der Waals surface area contributed by atoms with Gasteiger partial charge in [-0.25, -0.2) is 4.79 Å². The number of amides is 1. The van der Waals surface area contributed by atoms with E-state index in [1.807, 2.05) is 30.3 Å². The second kappa shape index (κ2) is 12.7. The van der Waals surface area contributed by atoms with Crippen molar-refractivity contribution in [3.05, 3.63) is 96.6 Å². The van der Waals surface area contributed by atoms with E-state index in [1.165, 1.54) is 18.9 Å². The third-order valence-electron chi connectivity index (χ3n) is 6.83. The zero-order chi connectivity index (χ0) is 28.8. The summed E-state index contributed by atoms with van der Waals surface area (Å²) in [7, 11) is 1.26. The maximum Gasteiger partial charge on any atom is 0.329 e. The molecule has 0 fully saturated rings. The first-order valence-electron chi connectivity index (χ1n) is 13.2. The molecular formula is C33H29NO6S. The number of carbonyl (C=O) groups excluding carboxylic acids is 2. The van der Waals surface area contributed by atoms with Gasteiger partial charge < -0.3 is 19.6 Å². The highest BCUT2D eigenvalue weighted by Crippen LogP contribution is 2.36. The van der Waals surface area contributed by atoms with Gasteiger partial charge in [-0.05, 0) is 28.3 Å². The van der Waals surface area contributed by atoms with Crippen molar-refractivity contribution in [2.45, 2.75) is 24.6 Å². The lowest BCUT2D eigenvalue weighted by atomic mass is 9.98. The lowest BCUT2D eigenvalue weighted by Crippen LogP contribution is -2.43. The Bertz CT molecular complexity index is 1690. The van der Waals surface area contributed by atoms with Crippen LogP contribution >= 0.6 is 11.8 Å². The molecular weight excluding hydrogens is 538 g/mol. The third kappa shape index (κ3) is 6.61. The number of hydrogen-bond donors (Lipinski definition) is 2. The molecule has 0 saturated heterocycles. The summed E-state index contributed by atoms with van der Waals surface area (Å²) in [4.78, 5) is 34.8. The van der Waals surface area contributed by atoms with Crippen LogP contribution in [0.4, 0.5) is 0 Å². The first-order valence-corrected chi connectivity index (χ1v) is 14.3. The van der Waals surface area contributed by atoms with Crippen molar-refractivity contribution >= 4 is 51.5 Å². The van der Waals surface area contributed by atoms with Crippen molar-refractivity contribution in [3.63, 3.8) is 0 Å². The van der Waals surface area contributed by atoms with Gasteiger partial charge in [0.15, 0.2) is 0 Å². The van der Waals surface area contributed by atoms with E-state index in [4.69, 9.17) is 14.3 Å². The summed E-state index contributed by atoms with van der Waals surface area (Å²) in [5, 5.41) is 13.5. The Hall–Kier alpha value is -4.56. The highest BCUT2D eigenvalue weighted by molar-refractivity contribution is 7.98. The zero-order valence-corrected chi connectivity index (χ0v) is 23.3. The first-order chi connectivity index (χ1) is 19.9. The molecule has 1 atom stereocenters. The molecule has 0 aliphatic rings. The molecule has 5 rings (SSSR count). The van der Waals surface area contributed by atoms with Gasteiger partial charge in [-0.3, -0.25) is 9.59 Å². The number of fused-ring (bicyclic) bond motifs is 3. The molecule has 208 valence electrons. The Morgan fingerprint density at radius 3 is 2.20 bits per heavy atom. The summed E-state index contributed by atoms with van der Waals surface area (Å²) in [5.41, 5.74) is 7.17. The molecule has 4 aromatic carbocycles. The lowest BCUT2D eigenvalue weighted by molar-refractivity contribution is -0.144. The minimum absolute atomic E-state index is 0.189. The summed E-state index contributed by atoms with van der Waals surface area (Å²) in [6.07, 6.45) is -0.481. The van der Waals surface area contributed by atoms with Crippen molar-refractivity contribution in [1.82, 2.24) is 5.32 Å². The minimum Gasteiger partial charge on any atom is -0.481 e. The second-order valence-electron chi connectivity index (χ2n) is 9.61. The number of rotatable bonds is 11. The number of para-hydroxylation sites is 2. The Kier molecular flexibility index (Phi) is 8.70. The quantitative estimate of drug-likeness (QED) is 0.172. The molecule has 1 amide bonds. The van der Waals surface area contributed by atoms with E-state index in [1.54, 1.807) is 0 Å². The highest BCUT2D eigenvalue weighted by atomic mass is 32.2. The average Bonchev–Trinajstić information content (AvgIpc) is 3.38. The largest absolute Gasteiger partial charge is 0.481 e. The van der Waals surface area contributed by atoms with Crippen LogP contribution in [0.3, 0.4) is 0 Å². The molecule has 41 heavy (non-hydrogen) atoms. The first kappa shape index (κ1) is 28.0. The van der Waals surface area contributed by atoms with E-state index in [2.05, 4.69) is 66.0 Å². The van der Waals surface area contributed by atoms with Gasteiger partial charge in [0.1, 0.15) is 17.2 Å². The van der Waals surface area contributed by atoms with Crippen LogP contribution in [-0.4, -0.2) is 41.9 Å². The maximum absolute atomic E-state index is 12.1. The summed E-state index contributed by atoms with van der Waals surface area (Å²) in [6.45, 7) is 0. The minimum atomic E-state index is -1.07. The fourth-order valence-electron chi connectivity index (χ4n) is 4.70. The molecule has 0 unspecified atom stereocenters. The summed E-state index contributed by atoms with van der Waals surface area (Å²) >= 11 is 1.49. The van der Waals surface area contributed by atoms with Gasteiger partial charge in [0.2, 0.25) is 5.91 Å². The molecule has 1 heterocycles. The van der Waals surface area contributed by atoms with Gasteiger partial charge in [0, 0.05) is 34.3 Å². The number of furan rings is 1. The van der Waals surface area contributed by atoms with Crippen molar-refractivity contribution in [2.24, 2.45) is 0 Å². The summed E-state index contributed by atoms with van der Waals surface area (Å²) in [6, 6.07) is 30.1. The molecule has 0 saturated carbocycles. The topological polar surface area (TPSA) is 106 Å². The van der Waals surface area contributed by atoms with Crippen LogP contribution in [-0.2, 0) is 24.9 Å². The van der Waals surface area contributed by atoms with E-state index in [-0.39, 0.29) is 12.8 Å². The number of ether oxygens (including phenoxy) is 1. The van der Waals surface area contributed by atoms with Crippen molar-refractivity contribution in [3.8, 4) is 22.3 Å². The van der Waals surface area contributed by atoms with E-state index >= 15 is 0 Å². The number of thioether (sulfide) groups is 1. The molecule has 1 aromatic heterocycles. The third-order valence-corrected chi connectivity index (χ3v) is 7.93. The van der Waals surface area contributed by atoms with Crippen molar-refractivity contribution < 1.29 is 28.6 Å². The number of hydrogen-bond acceptors (Lipinski definition) is 6. The number of carboxylic acid groups (broad SMARTS) is 1. The van der Waals surface area contributed by atoms with E-state index in [9.17, 15) is 14.4 Å². The van der Waals surface area contributed by atoms with Crippen LogP contribution < -0.4 is 5.32 Å². The standard InChI is InChI=1S/C33H29NO6S/c1-39-33(38)28(34-30(35)17-18-31(36)37)20-41-19-21-9-11-22(12-10-21)23-13-15-24(16-14-23)25-6-4-7-27-26-5-2-3-8-29(26)40-32(25)27/h2-16,28H,17-20H2,1H3,(H,34,35)(H,36,37)/t28-/m0/s1. The van der Waals surface area contributed by atoms with Crippen LogP contribution in [0.5, 0.6) is 0 Å². The molecule has 0 bridgehead atoms. The number of carboxylic acids is 1. The number of methoxy groups -OCH3 is 1. The molecule has 0 aliphatic heterocycles. The number of aliphatic carboxylic acids is 1. The predicted molar refractivity (Wildman–Crippen MR) is 162 cm³/mol. The van der Waals surface area contributed by atoms with Gasteiger partial charge in [0.05, 0.1) is 13.5 Å². The average molecular weight is 568 g/mol. The molecule has 7 nitrogen and oxygen atoms in total. The van der Waals surface area contributed by atoms with Crippen LogP contribution in [0.1, 0.15) is 18.4 Å².